The van der Waals surface area contributed by atoms with Crippen LogP contribution in [0.25, 0.3) is 11.3 Å². The molecule has 3 heteroatoms. The van der Waals surface area contributed by atoms with Gasteiger partial charge in [0, 0.05) is 12.1 Å². The molecule has 0 fully saturated rings. The van der Waals surface area contributed by atoms with Crippen LogP contribution in [0, 0.1) is 5.92 Å². The summed E-state index contributed by atoms with van der Waals surface area (Å²) in [5.41, 5.74) is 3.28. The lowest BCUT2D eigenvalue weighted by molar-refractivity contribution is 0.689. The van der Waals surface area contributed by atoms with Gasteiger partial charge in [-0.05, 0) is 5.92 Å². The van der Waals surface area contributed by atoms with Gasteiger partial charge in [-0.1, -0.05) is 44.2 Å². The molecule has 0 aliphatic rings. The molecular weight excluding hydrogens is 198 g/mol. The van der Waals surface area contributed by atoms with E-state index in [-0.39, 0.29) is 0 Å². The van der Waals surface area contributed by atoms with E-state index in [1.807, 2.05) is 24.4 Å². The maximum absolute atomic E-state index is 4.09. The molecule has 0 saturated carbocycles. The number of H-pyrrole nitrogens is 1. The zero-order valence-electron chi connectivity index (χ0n) is 9.70. The van der Waals surface area contributed by atoms with Gasteiger partial charge in [0.25, 0.3) is 0 Å². The predicted molar refractivity (Wildman–Crippen MR) is 67.4 cm³/mol. The summed E-state index contributed by atoms with van der Waals surface area (Å²) in [6.07, 6.45) is 1.84. The van der Waals surface area contributed by atoms with E-state index in [0.717, 1.165) is 23.5 Å². The molecule has 84 valence electrons. The number of anilines is 1. The van der Waals surface area contributed by atoms with Gasteiger partial charge in [0.15, 0.2) is 0 Å². The van der Waals surface area contributed by atoms with Gasteiger partial charge < -0.3 is 5.32 Å². The monoisotopic (exact) mass is 215 g/mol. The van der Waals surface area contributed by atoms with Crippen LogP contribution < -0.4 is 5.32 Å². The summed E-state index contributed by atoms with van der Waals surface area (Å²) in [5.74, 6) is 0.624. The van der Waals surface area contributed by atoms with Crippen LogP contribution in [0.15, 0.2) is 36.5 Å². The largest absolute Gasteiger partial charge is 0.382 e. The highest BCUT2D eigenvalue weighted by atomic mass is 15.1. The molecule has 2 N–H and O–H groups in total. The van der Waals surface area contributed by atoms with Gasteiger partial charge in [0.1, 0.15) is 0 Å². The number of nitrogens with zero attached hydrogens (tertiary/aromatic N) is 1. The first-order valence-electron chi connectivity index (χ1n) is 5.60. The lowest BCUT2D eigenvalue weighted by Crippen LogP contribution is -2.07. The van der Waals surface area contributed by atoms with Crippen LogP contribution in [0.2, 0.25) is 0 Å². The van der Waals surface area contributed by atoms with E-state index in [1.54, 1.807) is 0 Å². The van der Waals surface area contributed by atoms with E-state index in [4.69, 9.17) is 0 Å². The molecule has 0 amide bonds. The minimum absolute atomic E-state index is 0.624. The van der Waals surface area contributed by atoms with Crippen LogP contribution in [0.5, 0.6) is 0 Å². The van der Waals surface area contributed by atoms with Gasteiger partial charge >= 0.3 is 0 Å². The highest BCUT2D eigenvalue weighted by molar-refractivity contribution is 5.73. The van der Waals surface area contributed by atoms with E-state index in [1.165, 1.54) is 0 Å². The molecule has 0 spiro atoms. The highest BCUT2D eigenvalue weighted by Crippen LogP contribution is 2.24. The molecule has 16 heavy (non-hydrogen) atoms. The fourth-order valence-corrected chi connectivity index (χ4v) is 1.56. The van der Waals surface area contributed by atoms with Gasteiger partial charge in [0.05, 0.1) is 17.6 Å². The molecule has 0 aliphatic carbocycles. The minimum Gasteiger partial charge on any atom is -0.382 e. The van der Waals surface area contributed by atoms with E-state index in [9.17, 15) is 0 Å². The SMILES string of the molecule is CC(C)CNc1cn[nH]c1-c1ccccc1. The van der Waals surface area contributed by atoms with E-state index < -0.39 is 0 Å². The van der Waals surface area contributed by atoms with Crippen molar-refractivity contribution in [2.75, 3.05) is 11.9 Å². The third-order valence-corrected chi connectivity index (χ3v) is 2.40. The Morgan fingerprint density at radius 1 is 1.25 bits per heavy atom. The third kappa shape index (κ3) is 2.42. The average Bonchev–Trinajstić information content (AvgIpc) is 2.75. The summed E-state index contributed by atoms with van der Waals surface area (Å²) in [4.78, 5) is 0. The Morgan fingerprint density at radius 3 is 2.69 bits per heavy atom. The van der Waals surface area contributed by atoms with Crippen LogP contribution in [0.3, 0.4) is 0 Å². The van der Waals surface area contributed by atoms with Crippen molar-refractivity contribution in [3.05, 3.63) is 36.5 Å². The van der Waals surface area contributed by atoms with Crippen molar-refractivity contribution in [3.8, 4) is 11.3 Å². The number of rotatable bonds is 4. The van der Waals surface area contributed by atoms with Crippen LogP contribution in [-0.4, -0.2) is 16.7 Å². The zero-order chi connectivity index (χ0) is 11.4. The van der Waals surface area contributed by atoms with Gasteiger partial charge in [0.2, 0.25) is 0 Å². The Balaban J connectivity index is 2.19. The van der Waals surface area contributed by atoms with E-state index in [0.29, 0.717) is 5.92 Å². The first-order chi connectivity index (χ1) is 7.77. The van der Waals surface area contributed by atoms with Gasteiger partial charge in [-0.2, -0.15) is 5.10 Å². The van der Waals surface area contributed by atoms with Gasteiger partial charge in [-0.15, -0.1) is 0 Å². The second kappa shape index (κ2) is 4.84. The summed E-state index contributed by atoms with van der Waals surface area (Å²) >= 11 is 0. The predicted octanol–water partition coefficient (Wildman–Crippen LogP) is 3.14. The molecule has 0 saturated heterocycles. The second-order valence-electron chi connectivity index (χ2n) is 4.30. The molecule has 0 unspecified atom stereocenters. The summed E-state index contributed by atoms with van der Waals surface area (Å²) in [7, 11) is 0. The standard InChI is InChI=1S/C13H17N3/c1-10(2)8-14-12-9-15-16-13(12)11-6-4-3-5-7-11/h3-7,9-10,14H,8H2,1-2H3,(H,15,16). The van der Waals surface area contributed by atoms with Crippen molar-refractivity contribution in [1.29, 1.82) is 0 Å². The maximum atomic E-state index is 4.09. The normalized spacial score (nSPS) is 10.7. The molecule has 3 nitrogen and oxygen atoms in total. The van der Waals surface area contributed by atoms with Crippen LogP contribution >= 0.6 is 0 Å². The second-order valence-corrected chi connectivity index (χ2v) is 4.30. The molecule has 1 aromatic heterocycles. The van der Waals surface area contributed by atoms with E-state index >= 15 is 0 Å². The average molecular weight is 215 g/mol. The highest BCUT2D eigenvalue weighted by Gasteiger charge is 2.06. The van der Waals surface area contributed by atoms with Crippen molar-refractivity contribution < 1.29 is 0 Å². The fraction of sp³-hybridized carbons (Fsp3) is 0.308. The molecule has 0 radical (unpaired) electrons. The zero-order valence-corrected chi connectivity index (χ0v) is 9.70. The molecule has 1 heterocycles. The Labute approximate surface area is 95.9 Å². The number of hydrogen-bond acceptors (Lipinski definition) is 2. The lowest BCUT2D eigenvalue weighted by Gasteiger charge is -2.08. The molecule has 0 atom stereocenters. The summed E-state index contributed by atoms with van der Waals surface area (Å²) < 4.78 is 0. The molecule has 0 bridgehead atoms. The Hall–Kier alpha value is -1.77. The van der Waals surface area contributed by atoms with Crippen LogP contribution in [0.4, 0.5) is 5.69 Å². The van der Waals surface area contributed by atoms with Crippen molar-refractivity contribution in [2.24, 2.45) is 5.92 Å². The summed E-state index contributed by atoms with van der Waals surface area (Å²) in [6, 6.07) is 10.2. The minimum atomic E-state index is 0.624. The Morgan fingerprint density at radius 2 is 2.00 bits per heavy atom. The smallest absolute Gasteiger partial charge is 0.0882 e. The molecule has 2 rings (SSSR count). The Kier molecular flexibility index (Phi) is 3.25. The molecule has 1 aromatic carbocycles. The number of aromatic nitrogens is 2. The van der Waals surface area contributed by atoms with Crippen molar-refractivity contribution >= 4 is 5.69 Å². The number of nitrogens with one attached hydrogen (secondary N) is 2. The summed E-state index contributed by atoms with van der Waals surface area (Å²) in [5, 5.41) is 10.5. The number of hydrogen-bond donors (Lipinski definition) is 2. The van der Waals surface area contributed by atoms with Crippen LogP contribution in [-0.2, 0) is 0 Å². The molecule has 0 aliphatic heterocycles. The van der Waals surface area contributed by atoms with Crippen molar-refractivity contribution in [2.45, 2.75) is 13.8 Å². The Bertz CT molecular complexity index is 431. The molecular formula is C13H17N3. The first-order valence-corrected chi connectivity index (χ1v) is 5.60. The third-order valence-electron chi connectivity index (χ3n) is 2.40. The van der Waals surface area contributed by atoms with Gasteiger partial charge in [-0.25, -0.2) is 0 Å². The topological polar surface area (TPSA) is 40.7 Å². The van der Waals surface area contributed by atoms with Crippen LogP contribution in [0.1, 0.15) is 13.8 Å². The fourth-order valence-electron chi connectivity index (χ4n) is 1.56. The first kappa shape index (κ1) is 10.7. The van der Waals surface area contributed by atoms with Crippen molar-refractivity contribution in [1.82, 2.24) is 10.2 Å². The van der Waals surface area contributed by atoms with E-state index in [2.05, 4.69) is 41.5 Å². The maximum Gasteiger partial charge on any atom is 0.0882 e. The van der Waals surface area contributed by atoms with Crippen molar-refractivity contribution in [3.63, 3.8) is 0 Å². The quantitative estimate of drug-likeness (QED) is 0.822. The summed E-state index contributed by atoms with van der Waals surface area (Å²) in [6.45, 7) is 5.34. The lowest BCUT2D eigenvalue weighted by atomic mass is 10.1. The number of aromatic amines is 1. The van der Waals surface area contributed by atoms with Gasteiger partial charge in [-0.3, -0.25) is 5.10 Å². The molecule has 2 aromatic rings. The number of benzene rings is 1.